The molecule has 2 aromatic rings. The van der Waals surface area contributed by atoms with Crippen molar-refractivity contribution in [3.8, 4) is 5.75 Å². The van der Waals surface area contributed by atoms with Gasteiger partial charge in [0.25, 0.3) is 5.91 Å². The summed E-state index contributed by atoms with van der Waals surface area (Å²) in [6, 6.07) is 4.16. The lowest BCUT2D eigenvalue weighted by molar-refractivity contribution is 0.0688. The van der Waals surface area contributed by atoms with E-state index in [-0.39, 0.29) is 5.91 Å². The topological polar surface area (TPSA) is 46.8 Å². The van der Waals surface area contributed by atoms with Crippen LogP contribution in [0.25, 0.3) is 5.65 Å². The SMILES string of the molecule is CCOc1cccn2c(C(=O)N(C)C3CCCCC3)c(CC)nc12. The molecule has 2 aromatic heterocycles. The van der Waals surface area contributed by atoms with Crippen LogP contribution in [0.3, 0.4) is 0 Å². The van der Waals surface area contributed by atoms with Crippen LogP contribution in [0.4, 0.5) is 0 Å². The molecule has 24 heavy (non-hydrogen) atoms. The van der Waals surface area contributed by atoms with Crippen LogP contribution in [0.1, 0.15) is 62.1 Å². The average molecular weight is 329 g/mol. The molecule has 0 atom stereocenters. The quantitative estimate of drug-likeness (QED) is 0.840. The third-order valence-electron chi connectivity index (χ3n) is 4.97. The first-order chi connectivity index (χ1) is 11.7. The fourth-order valence-electron chi connectivity index (χ4n) is 3.63. The van der Waals surface area contributed by atoms with Gasteiger partial charge in [0.05, 0.1) is 12.3 Å². The van der Waals surface area contributed by atoms with Crippen molar-refractivity contribution in [3.05, 3.63) is 29.7 Å². The van der Waals surface area contributed by atoms with Crippen molar-refractivity contribution in [2.75, 3.05) is 13.7 Å². The predicted molar refractivity (Wildman–Crippen MR) is 94.7 cm³/mol. The molecular formula is C19H27N3O2. The van der Waals surface area contributed by atoms with Crippen molar-refractivity contribution in [2.45, 2.75) is 58.4 Å². The molecule has 5 nitrogen and oxygen atoms in total. The van der Waals surface area contributed by atoms with Crippen LogP contribution >= 0.6 is 0 Å². The van der Waals surface area contributed by atoms with Gasteiger partial charge in [-0.1, -0.05) is 26.2 Å². The van der Waals surface area contributed by atoms with Gasteiger partial charge in [-0.2, -0.15) is 0 Å². The standard InChI is InChI=1S/C19H27N3O2/c1-4-15-17(19(23)21(3)14-10-7-6-8-11-14)22-13-9-12-16(24-5-2)18(22)20-15/h9,12-14H,4-8,10-11H2,1-3H3. The van der Waals surface area contributed by atoms with Crippen LogP contribution in [-0.4, -0.2) is 39.9 Å². The zero-order chi connectivity index (χ0) is 17.1. The first-order valence-corrected chi connectivity index (χ1v) is 9.07. The molecule has 5 heteroatoms. The third kappa shape index (κ3) is 2.99. The van der Waals surface area contributed by atoms with Gasteiger partial charge in [-0.15, -0.1) is 0 Å². The van der Waals surface area contributed by atoms with Crippen LogP contribution in [-0.2, 0) is 6.42 Å². The molecule has 1 aliphatic rings. The Morgan fingerprint density at radius 3 is 2.75 bits per heavy atom. The second-order valence-electron chi connectivity index (χ2n) is 6.47. The molecular weight excluding hydrogens is 302 g/mol. The molecule has 1 saturated carbocycles. The minimum atomic E-state index is 0.0694. The summed E-state index contributed by atoms with van der Waals surface area (Å²) in [4.78, 5) is 19.8. The molecule has 0 aromatic carbocycles. The van der Waals surface area contributed by atoms with Gasteiger partial charge >= 0.3 is 0 Å². The fraction of sp³-hybridized carbons (Fsp3) is 0.579. The second kappa shape index (κ2) is 7.24. The molecule has 0 saturated heterocycles. The zero-order valence-electron chi connectivity index (χ0n) is 14.9. The van der Waals surface area contributed by atoms with Crippen molar-refractivity contribution < 1.29 is 9.53 Å². The highest BCUT2D eigenvalue weighted by Crippen LogP contribution is 2.26. The van der Waals surface area contributed by atoms with E-state index >= 15 is 0 Å². The molecule has 130 valence electrons. The minimum Gasteiger partial charge on any atom is -0.490 e. The van der Waals surface area contributed by atoms with E-state index in [1.165, 1.54) is 19.3 Å². The van der Waals surface area contributed by atoms with Crippen LogP contribution in [0.5, 0.6) is 5.75 Å². The van der Waals surface area contributed by atoms with Crippen LogP contribution in [0, 0.1) is 0 Å². The number of aryl methyl sites for hydroxylation is 1. The Hall–Kier alpha value is -2.04. The predicted octanol–water partition coefficient (Wildman–Crippen LogP) is 3.70. The van der Waals surface area contributed by atoms with E-state index in [0.717, 1.165) is 36.4 Å². The molecule has 1 amide bonds. The van der Waals surface area contributed by atoms with Crippen molar-refractivity contribution in [2.24, 2.45) is 0 Å². The molecule has 3 rings (SSSR count). The largest absolute Gasteiger partial charge is 0.490 e. The summed E-state index contributed by atoms with van der Waals surface area (Å²) in [6.07, 6.45) is 8.55. The van der Waals surface area contributed by atoms with E-state index in [9.17, 15) is 4.79 Å². The van der Waals surface area contributed by atoms with E-state index < -0.39 is 0 Å². The Morgan fingerprint density at radius 1 is 1.33 bits per heavy atom. The fourth-order valence-corrected chi connectivity index (χ4v) is 3.63. The summed E-state index contributed by atoms with van der Waals surface area (Å²) < 4.78 is 7.57. The van der Waals surface area contributed by atoms with Gasteiger partial charge in [0.2, 0.25) is 0 Å². The van der Waals surface area contributed by atoms with Gasteiger partial charge in [0.15, 0.2) is 11.4 Å². The maximum atomic E-state index is 13.2. The van der Waals surface area contributed by atoms with Crippen LogP contribution in [0.15, 0.2) is 18.3 Å². The number of rotatable bonds is 5. The van der Waals surface area contributed by atoms with Gasteiger partial charge in [0, 0.05) is 19.3 Å². The molecule has 0 unspecified atom stereocenters. The first-order valence-electron chi connectivity index (χ1n) is 9.07. The smallest absolute Gasteiger partial charge is 0.272 e. The number of imidazole rings is 1. The number of hydrogen-bond donors (Lipinski definition) is 0. The Bertz CT molecular complexity index is 717. The maximum absolute atomic E-state index is 13.2. The minimum absolute atomic E-state index is 0.0694. The van der Waals surface area contributed by atoms with Gasteiger partial charge in [-0.25, -0.2) is 4.98 Å². The highest BCUT2D eigenvalue weighted by atomic mass is 16.5. The Labute approximate surface area is 143 Å². The summed E-state index contributed by atoms with van der Waals surface area (Å²) >= 11 is 0. The second-order valence-corrected chi connectivity index (χ2v) is 6.47. The van der Waals surface area contributed by atoms with Crippen LogP contribution in [0.2, 0.25) is 0 Å². The summed E-state index contributed by atoms with van der Waals surface area (Å²) in [5.74, 6) is 0.800. The zero-order valence-corrected chi connectivity index (χ0v) is 14.9. The first kappa shape index (κ1) is 16.8. The highest BCUT2D eigenvalue weighted by molar-refractivity contribution is 5.95. The molecule has 1 aliphatic carbocycles. The van der Waals surface area contributed by atoms with Crippen molar-refractivity contribution in [1.29, 1.82) is 0 Å². The Kier molecular flexibility index (Phi) is 5.07. The molecule has 1 fully saturated rings. The summed E-state index contributed by atoms with van der Waals surface area (Å²) in [6.45, 7) is 4.58. The third-order valence-corrected chi connectivity index (χ3v) is 4.97. The summed E-state index contributed by atoms with van der Waals surface area (Å²) in [5.41, 5.74) is 2.26. The number of hydrogen-bond acceptors (Lipinski definition) is 3. The van der Waals surface area contributed by atoms with Crippen molar-refractivity contribution >= 4 is 11.6 Å². The molecule has 0 radical (unpaired) electrons. The number of nitrogens with zero attached hydrogens (tertiary/aromatic N) is 3. The average Bonchev–Trinajstić information content (AvgIpc) is 3.01. The van der Waals surface area contributed by atoms with E-state index in [0.29, 0.717) is 18.3 Å². The van der Waals surface area contributed by atoms with Gasteiger partial charge < -0.3 is 9.64 Å². The lowest BCUT2D eigenvalue weighted by Gasteiger charge is -2.31. The Balaban J connectivity index is 2.00. The van der Waals surface area contributed by atoms with E-state index in [1.807, 2.05) is 48.5 Å². The van der Waals surface area contributed by atoms with Gasteiger partial charge in [0.1, 0.15) is 5.69 Å². The van der Waals surface area contributed by atoms with E-state index in [1.54, 1.807) is 0 Å². The lowest BCUT2D eigenvalue weighted by atomic mass is 9.94. The maximum Gasteiger partial charge on any atom is 0.272 e. The van der Waals surface area contributed by atoms with Crippen LogP contribution < -0.4 is 4.74 Å². The number of carbonyl (C=O) groups excluding carboxylic acids is 1. The Morgan fingerprint density at radius 2 is 2.08 bits per heavy atom. The highest BCUT2D eigenvalue weighted by Gasteiger charge is 2.28. The normalized spacial score (nSPS) is 15.6. The van der Waals surface area contributed by atoms with Gasteiger partial charge in [-0.05, 0) is 38.3 Å². The molecule has 2 heterocycles. The number of carbonyl (C=O) groups is 1. The van der Waals surface area contributed by atoms with Gasteiger partial charge in [-0.3, -0.25) is 9.20 Å². The molecule has 0 spiro atoms. The lowest BCUT2D eigenvalue weighted by Crippen LogP contribution is -2.39. The van der Waals surface area contributed by atoms with E-state index in [4.69, 9.17) is 4.74 Å². The molecule has 0 N–H and O–H groups in total. The van der Waals surface area contributed by atoms with E-state index in [2.05, 4.69) is 4.98 Å². The van der Waals surface area contributed by atoms with Crippen molar-refractivity contribution in [1.82, 2.24) is 14.3 Å². The summed E-state index contributed by atoms with van der Waals surface area (Å²) in [7, 11) is 1.93. The van der Waals surface area contributed by atoms with Crippen molar-refractivity contribution in [3.63, 3.8) is 0 Å². The molecule has 0 aliphatic heterocycles. The molecule has 0 bridgehead atoms. The number of aromatic nitrogens is 2. The number of ether oxygens (including phenoxy) is 1. The number of amides is 1. The summed E-state index contributed by atoms with van der Waals surface area (Å²) in [5, 5.41) is 0. The number of pyridine rings is 1. The number of fused-ring (bicyclic) bond motifs is 1. The monoisotopic (exact) mass is 329 g/mol.